The van der Waals surface area contributed by atoms with Crippen molar-refractivity contribution in [2.45, 2.75) is 18.5 Å². The van der Waals surface area contributed by atoms with Gasteiger partial charge in [-0.15, -0.1) is 0 Å². The zero-order valence-corrected chi connectivity index (χ0v) is 12.0. The number of anilines is 3. The molecule has 2 aliphatic heterocycles. The Balaban J connectivity index is 1.47. The van der Waals surface area contributed by atoms with Gasteiger partial charge in [-0.1, -0.05) is 0 Å². The largest absolute Gasteiger partial charge is 0.351 e. The number of pyridine rings is 1. The zero-order chi connectivity index (χ0) is 14.2. The molecule has 2 aromatic rings. The van der Waals surface area contributed by atoms with Crippen LogP contribution < -0.4 is 10.2 Å². The fourth-order valence-electron chi connectivity index (χ4n) is 3.27. The van der Waals surface area contributed by atoms with E-state index in [1.54, 1.807) is 18.5 Å². The summed E-state index contributed by atoms with van der Waals surface area (Å²) >= 11 is 0. The van der Waals surface area contributed by atoms with Crippen LogP contribution in [0.25, 0.3) is 0 Å². The molecule has 2 bridgehead atoms. The molecule has 0 saturated carbocycles. The van der Waals surface area contributed by atoms with Crippen molar-refractivity contribution in [3.05, 3.63) is 36.8 Å². The molecule has 2 saturated heterocycles. The molecule has 0 aliphatic carbocycles. The van der Waals surface area contributed by atoms with E-state index in [0.717, 1.165) is 24.6 Å². The minimum Gasteiger partial charge on any atom is -0.351 e. The first-order valence-electron chi connectivity index (χ1n) is 7.26. The molecule has 1 N–H and O–H groups in total. The highest BCUT2D eigenvalue weighted by molar-refractivity contribution is 5.55. The topological polar surface area (TPSA) is 57.2 Å². The monoisotopic (exact) mass is 282 g/mol. The summed E-state index contributed by atoms with van der Waals surface area (Å²) in [4.78, 5) is 17.8. The van der Waals surface area contributed by atoms with Crippen molar-refractivity contribution in [3.63, 3.8) is 0 Å². The van der Waals surface area contributed by atoms with Crippen molar-refractivity contribution in [2.24, 2.45) is 0 Å². The first-order chi connectivity index (χ1) is 10.3. The molecular formula is C15H18N6. The Labute approximate surface area is 123 Å². The lowest BCUT2D eigenvalue weighted by Gasteiger charge is -2.32. The van der Waals surface area contributed by atoms with Gasteiger partial charge >= 0.3 is 0 Å². The average molecular weight is 282 g/mol. The molecule has 0 aromatic carbocycles. The van der Waals surface area contributed by atoms with E-state index in [1.807, 2.05) is 12.3 Å². The second-order valence-electron chi connectivity index (χ2n) is 5.74. The van der Waals surface area contributed by atoms with Crippen LogP contribution in [0.2, 0.25) is 0 Å². The third kappa shape index (κ3) is 2.31. The zero-order valence-electron chi connectivity index (χ0n) is 12.0. The standard InChI is InChI=1S/C15H18N6/c1-20-9-13-7-12(20)10-21(13)14-4-3-11(8-18-14)19-15-16-5-2-6-17-15/h2-6,8,12-13H,7,9-10H2,1H3,(H,16,17,19)/t12-,13-/m0/s1. The predicted octanol–water partition coefficient (Wildman–Crippen LogP) is 1.51. The van der Waals surface area contributed by atoms with Crippen molar-refractivity contribution in [1.82, 2.24) is 19.9 Å². The minimum absolute atomic E-state index is 0.592. The molecule has 2 aliphatic rings. The fraction of sp³-hybridized carbons (Fsp3) is 0.400. The molecule has 4 heterocycles. The predicted molar refractivity (Wildman–Crippen MR) is 81.7 cm³/mol. The summed E-state index contributed by atoms with van der Waals surface area (Å²) in [6.07, 6.45) is 6.54. The molecule has 2 aromatic heterocycles. The highest BCUT2D eigenvalue weighted by Crippen LogP contribution is 2.32. The van der Waals surface area contributed by atoms with Crippen LogP contribution in [0.5, 0.6) is 0 Å². The van der Waals surface area contributed by atoms with Gasteiger partial charge in [0.1, 0.15) is 5.82 Å². The Hall–Kier alpha value is -2.21. The SMILES string of the molecule is CN1C[C@@H]2C[C@H]1CN2c1ccc(Nc2ncccn2)cn1. The van der Waals surface area contributed by atoms with Crippen molar-refractivity contribution in [2.75, 3.05) is 30.4 Å². The number of aromatic nitrogens is 3. The third-order valence-electron chi connectivity index (χ3n) is 4.38. The summed E-state index contributed by atoms with van der Waals surface area (Å²) in [5, 5.41) is 3.15. The van der Waals surface area contributed by atoms with Gasteiger partial charge in [0.15, 0.2) is 0 Å². The Morgan fingerprint density at radius 3 is 2.57 bits per heavy atom. The smallest absolute Gasteiger partial charge is 0.227 e. The number of hydrogen-bond acceptors (Lipinski definition) is 6. The maximum absolute atomic E-state index is 4.59. The Morgan fingerprint density at radius 2 is 1.95 bits per heavy atom. The summed E-state index contributed by atoms with van der Waals surface area (Å²) in [5.74, 6) is 1.66. The van der Waals surface area contributed by atoms with Crippen LogP contribution in [-0.2, 0) is 0 Å². The number of nitrogens with zero attached hydrogens (tertiary/aromatic N) is 5. The maximum Gasteiger partial charge on any atom is 0.227 e. The molecule has 0 spiro atoms. The number of nitrogens with one attached hydrogen (secondary N) is 1. The van der Waals surface area contributed by atoms with Gasteiger partial charge in [-0.25, -0.2) is 15.0 Å². The van der Waals surface area contributed by atoms with Gasteiger partial charge in [0.25, 0.3) is 0 Å². The van der Waals surface area contributed by atoms with E-state index in [-0.39, 0.29) is 0 Å². The van der Waals surface area contributed by atoms with Gasteiger partial charge in [0, 0.05) is 37.6 Å². The van der Waals surface area contributed by atoms with Crippen molar-refractivity contribution >= 4 is 17.5 Å². The van der Waals surface area contributed by atoms with Crippen LogP contribution in [-0.4, -0.2) is 52.1 Å². The minimum atomic E-state index is 0.592. The van der Waals surface area contributed by atoms with Crippen molar-refractivity contribution < 1.29 is 0 Å². The Morgan fingerprint density at radius 1 is 1.10 bits per heavy atom. The maximum atomic E-state index is 4.59. The number of piperazine rings is 1. The lowest BCUT2D eigenvalue weighted by Crippen LogP contribution is -2.44. The van der Waals surface area contributed by atoms with Crippen LogP contribution in [0.3, 0.4) is 0 Å². The lowest BCUT2D eigenvalue weighted by atomic mass is 10.2. The first-order valence-corrected chi connectivity index (χ1v) is 7.26. The summed E-state index contributed by atoms with van der Waals surface area (Å²) in [6, 6.07) is 7.21. The molecule has 0 radical (unpaired) electrons. The number of likely N-dealkylation sites (tertiary alicyclic amines) is 1. The second-order valence-corrected chi connectivity index (χ2v) is 5.74. The lowest BCUT2D eigenvalue weighted by molar-refractivity contribution is 0.292. The quantitative estimate of drug-likeness (QED) is 0.921. The molecule has 2 atom stereocenters. The molecule has 108 valence electrons. The number of rotatable bonds is 3. The van der Waals surface area contributed by atoms with Gasteiger partial charge in [-0.05, 0) is 31.7 Å². The summed E-state index contributed by atoms with van der Waals surface area (Å²) < 4.78 is 0. The summed E-state index contributed by atoms with van der Waals surface area (Å²) in [5.41, 5.74) is 0.909. The Bertz CT molecular complexity index is 612. The average Bonchev–Trinajstić information content (AvgIpc) is 3.08. The van der Waals surface area contributed by atoms with E-state index < -0.39 is 0 Å². The van der Waals surface area contributed by atoms with Crippen molar-refractivity contribution in [3.8, 4) is 0 Å². The fourth-order valence-corrected chi connectivity index (χ4v) is 3.27. The van der Waals surface area contributed by atoms with Gasteiger partial charge in [-0.2, -0.15) is 0 Å². The number of hydrogen-bond donors (Lipinski definition) is 1. The molecule has 4 rings (SSSR count). The first kappa shape index (κ1) is 12.5. The second kappa shape index (κ2) is 4.96. The van der Waals surface area contributed by atoms with E-state index in [9.17, 15) is 0 Å². The molecule has 21 heavy (non-hydrogen) atoms. The molecule has 6 heteroatoms. The molecule has 0 unspecified atom stereocenters. The van der Waals surface area contributed by atoms with E-state index in [0.29, 0.717) is 18.0 Å². The third-order valence-corrected chi connectivity index (χ3v) is 4.38. The van der Waals surface area contributed by atoms with E-state index >= 15 is 0 Å². The molecule has 0 amide bonds. The van der Waals surface area contributed by atoms with Gasteiger partial charge in [0.2, 0.25) is 5.95 Å². The van der Waals surface area contributed by atoms with Crippen LogP contribution in [0.4, 0.5) is 17.5 Å². The number of likely N-dealkylation sites (N-methyl/N-ethyl adjacent to an activating group) is 1. The molecular weight excluding hydrogens is 264 g/mol. The van der Waals surface area contributed by atoms with Gasteiger partial charge in [-0.3, -0.25) is 4.90 Å². The molecule has 6 nitrogen and oxygen atoms in total. The molecule has 2 fully saturated rings. The van der Waals surface area contributed by atoms with E-state index in [1.165, 1.54) is 6.42 Å². The Kier molecular flexibility index (Phi) is 2.96. The van der Waals surface area contributed by atoms with Crippen molar-refractivity contribution in [1.29, 1.82) is 0 Å². The normalized spacial score (nSPS) is 24.5. The van der Waals surface area contributed by atoms with E-state index in [4.69, 9.17) is 0 Å². The summed E-state index contributed by atoms with van der Waals surface area (Å²) in [6.45, 7) is 2.23. The van der Waals surface area contributed by atoms with Gasteiger partial charge < -0.3 is 10.2 Å². The van der Waals surface area contributed by atoms with Crippen LogP contribution >= 0.6 is 0 Å². The van der Waals surface area contributed by atoms with Crippen LogP contribution in [0.15, 0.2) is 36.8 Å². The highest BCUT2D eigenvalue weighted by Gasteiger charge is 2.41. The van der Waals surface area contributed by atoms with Crippen LogP contribution in [0, 0.1) is 0 Å². The number of fused-ring (bicyclic) bond motifs is 2. The van der Waals surface area contributed by atoms with Gasteiger partial charge in [0.05, 0.1) is 11.9 Å². The highest BCUT2D eigenvalue weighted by atomic mass is 15.4. The van der Waals surface area contributed by atoms with E-state index in [2.05, 4.69) is 43.2 Å². The van der Waals surface area contributed by atoms with Crippen LogP contribution in [0.1, 0.15) is 6.42 Å². The summed E-state index contributed by atoms with van der Waals surface area (Å²) in [7, 11) is 2.21.